The van der Waals surface area contributed by atoms with E-state index < -0.39 is 0 Å². The maximum absolute atomic E-state index is 12.2. The second kappa shape index (κ2) is 8.86. The quantitative estimate of drug-likeness (QED) is 0.867. The third kappa shape index (κ3) is 5.09. The Morgan fingerprint density at radius 2 is 1.77 bits per heavy atom. The number of piperazine rings is 1. The first-order valence-electron chi connectivity index (χ1n) is 9.50. The van der Waals surface area contributed by atoms with Crippen LogP contribution in [0.2, 0.25) is 0 Å². The van der Waals surface area contributed by atoms with E-state index in [2.05, 4.69) is 58.4 Å². The summed E-state index contributed by atoms with van der Waals surface area (Å²) < 4.78 is 0. The predicted octanol–water partition coefficient (Wildman–Crippen LogP) is 3.38. The number of nitrogens with zero attached hydrogens (tertiary/aromatic N) is 2. The van der Waals surface area contributed by atoms with Crippen LogP contribution in [0.4, 0.5) is 5.69 Å². The summed E-state index contributed by atoms with van der Waals surface area (Å²) in [6.45, 7) is 9.06. The smallest absolute Gasteiger partial charge is 0.221 e. The van der Waals surface area contributed by atoms with Gasteiger partial charge in [-0.25, -0.2) is 0 Å². The van der Waals surface area contributed by atoms with E-state index in [0.29, 0.717) is 6.42 Å². The van der Waals surface area contributed by atoms with Crippen molar-refractivity contribution < 1.29 is 4.79 Å². The minimum absolute atomic E-state index is 0.0573. The van der Waals surface area contributed by atoms with Crippen LogP contribution in [0.15, 0.2) is 54.6 Å². The average Bonchev–Trinajstić information content (AvgIpc) is 2.67. The van der Waals surface area contributed by atoms with Gasteiger partial charge in [0.1, 0.15) is 0 Å². The number of anilines is 1. The molecule has 0 aromatic heterocycles. The van der Waals surface area contributed by atoms with Gasteiger partial charge in [0.05, 0.1) is 6.04 Å². The third-order valence-corrected chi connectivity index (χ3v) is 5.07. The van der Waals surface area contributed by atoms with Gasteiger partial charge in [-0.15, -0.1) is 0 Å². The van der Waals surface area contributed by atoms with Crippen molar-refractivity contribution in [2.24, 2.45) is 0 Å². The Bertz CT molecular complexity index is 708. The van der Waals surface area contributed by atoms with E-state index in [1.165, 1.54) is 11.3 Å². The highest BCUT2D eigenvalue weighted by molar-refractivity contribution is 5.76. The van der Waals surface area contributed by atoms with Crippen molar-refractivity contribution in [1.82, 2.24) is 10.2 Å². The lowest BCUT2D eigenvalue weighted by Gasteiger charge is -2.36. The molecule has 1 saturated heterocycles. The zero-order chi connectivity index (χ0) is 18.4. The molecule has 4 heteroatoms. The zero-order valence-electron chi connectivity index (χ0n) is 15.8. The molecule has 0 saturated carbocycles. The van der Waals surface area contributed by atoms with Crippen LogP contribution in [0, 0.1) is 6.92 Å². The number of amides is 1. The first kappa shape index (κ1) is 18.5. The summed E-state index contributed by atoms with van der Waals surface area (Å²) in [6.07, 6.45) is 0.557. The molecule has 0 radical (unpaired) electrons. The van der Waals surface area contributed by atoms with Crippen LogP contribution < -0.4 is 10.2 Å². The monoisotopic (exact) mass is 351 g/mol. The van der Waals surface area contributed by atoms with E-state index in [4.69, 9.17) is 0 Å². The van der Waals surface area contributed by atoms with Crippen LogP contribution in [-0.2, 0) is 4.79 Å². The summed E-state index contributed by atoms with van der Waals surface area (Å²) in [4.78, 5) is 17.1. The Kier molecular flexibility index (Phi) is 6.29. The van der Waals surface area contributed by atoms with Crippen molar-refractivity contribution in [3.8, 4) is 0 Å². The fourth-order valence-electron chi connectivity index (χ4n) is 3.45. The van der Waals surface area contributed by atoms with Gasteiger partial charge >= 0.3 is 0 Å². The normalized spacial score (nSPS) is 16.3. The van der Waals surface area contributed by atoms with E-state index in [1.807, 2.05) is 25.1 Å². The van der Waals surface area contributed by atoms with Crippen molar-refractivity contribution in [2.45, 2.75) is 26.3 Å². The van der Waals surface area contributed by atoms with E-state index in [0.717, 1.165) is 38.3 Å². The van der Waals surface area contributed by atoms with Gasteiger partial charge in [0, 0.05) is 44.8 Å². The molecule has 0 spiro atoms. The van der Waals surface area contributed by atoms with Gasteiger partial charge in [0.25, 0.3) is 0 Å². The molecule has 2 aromatic carbocycles. The molecule has 0 aliphatic carbocycles. The molecule has 26 heavy (non-hydrogen) atoms. The average molecular weight is 351 g/mol. The number of carbonyl (C=O) groups excluding carboxylic acids is 1. The second-order valence-electron chi connectivity index (χ2n) is 7.12. The summed E-state index contributed by atoms with van der Waals surface area (Å²) in [7, 11) is 0. The lowest BCUT2D eigenvalue weighted by atomic mass is 10.1. The Morgan fingerprint density at radius 1 is 1.04 bits per heavy atom. The lowest BCUT2D eigenvalue weighted by molar-refractivity contribution is -0.122. The van der Waals surface area contributed by atoms with Crippen LogP contribution in [-0.4, -0.2) is 43.5 Å². The van der Waals surface area contributed by atoms with Gasteiger partial charge in [-0.05, 0) is 37.1 Å². The molecule has 1 fully saturated rings. The van der Waals surface area contributed by atoms with Crippen molar-refractivity contribution in [3.63, 3.8) is 0 Å². The van der Waals surface area contributed by atoms with E-state index >= 15 is 0 Å². The summed E-state index contributed by atoms with van der Waals surface area (Å²) >= 11 is 0. The second-order valence-corrected chi connectivity index (χ2v) is 7.12. The molecule has 1 amide bonds. The number of nitrogens with one attached hydrogen (secondary N) is 1. The van der Waals surface area contributed by atoms with Crippen molar-refractivity contribution >= 4 is 11.6 Å². The molecular weight excluding hydrogens is 322 g/mol. The van der Waals surface area contributed by atoms with Crippen molar-refractivity contribution in [2.75, 3.05) is 37.6 Å². The van der Waals surface area contributed by atoms with Crippen LogP contribution >= 0.6 is 0 Å². The van der Waals surface area contributed by atoms with Crippen LogP contribution in [0.3, 0.4) is 0 Å². The molecular formula is C22H29N3O. The molecule has 0 bridgehead atoms. The zero-order valence-corrected chi connectivity index (χ0v) is 15.8. The van der Waals surface area contributed by atoms with E-state index in [9.17, 15) is 4.79 Å². The molecule has 1 aliphatic heterocycles. The van der Waals surface area contributed by atoms with Crippen molar-refractivity contribution in [3.05, 3.63) is 65.7 Å². The highest BCUT2D eigenvalue weighted by Gasteiger charge is 2.18. The van der Waals surface area contributed by atoms with Crippen LogP contribution in [0.25, 0.3) is 0 Å². The summed E-state index contributed by atoms with van der Waals surface area (Å²) in [5.74, 6) is 0.127. The topological polar surface area (TPSA) is 35.6 Å². The van der Waals surface area contributed by atoms with Crippen molar-refractivity contribution in [1.29, 1.82) is 0 Å². The fourth-order valence-corrected chi connectivity index (χ4v) is 3.45. The van der Waals surface area contributed by atoms with Gasteiger partial charge in [-0.2, -0.15) is 0 Å². The van der Waals surface area contributed by atoms with Crippen LogP contribution in [0.1, 0.15) is 30.5 Å². The molecule has 3 rings (SSSR count). The molecule has 1 unspecified atom stereocenters. The van der Waals surface area contributed by atoms with Gasteiger partial charge in [-0.1, -0.05) is 42.5 Å². The summed E-state index contributed by atoms with van der Waals surface area (Å²) in [5, 5.41) is 3.10. The summed E-state index contributed by atoms with van der Waals surface area (Å²) in [5.41, 5.74) is 3.75. The molecule has 1 aliphatic rings. The van der Waals surface area contributed by atoms with Gasteiger partial charge in [0.2, 0.25) is 5.91 Å². The number of benzene rings is 2. The Morgan fingerprint density at radius 3 is 2.46 bits per heavy atom. The first-order chi connectivity index (χ1) is 12.6. The summed E-state index contributed by atoms with van der Waals surface area (Å²) in [6, 6.07) is 18.8. The van der Waals surface area contributed by atoms with Gasteiger partial charge < -0.3 is 10.2 Å². The predicted molar refractivity (Wildman–Crippen MR) is 107 cm³/mol. The minimum atomic E-state index is 0.0573. The number of rotatable bonds is 6. The van der Waals surface area contributed by atoms with E-state index in [-0.39, 0.29) is 11.9 Å². The molecule has 4 nitrogen and oxygen atoms in total. The van der Waals surface area contributed by atoms with Crippen LogP contribution in [0.5, 0.6) is 0 Å². The maximum atomic E-state index is 12.2. The largest absolute Gasteiger partial charge is 0.369 e. The highest BCUT2D eigenvalue weighted by atomic mass is 16.1. The molecule has 2 aromatic rings. The van der Waals surface area contributed by atoms with Gasteiger partial charge in [-0.3, -0.25) is 9.69 Å². The number of hydrogen-bond donors (Lipinski definition) is 1. The standard InChI is InChI=1S/C22H29N3O/c1-18-7-6-10-21(17-18)25-15-13-24(14-16-25)12-11-22(26)23-19(2)20-8-4-3-5-9-20/h3-10,17,19H,11-16H2,1-2H3,(H,23,26). The Balaban J connectivity index is 1.40. The molecule has 1 N–H and O–H groups in total. The number of carbonyl (C=O) groups is 1. The Hall–Kier alpha value is -2.33. The van der Waals surface area contributed by atoms with Gasteiger partial charge in [0.15, 0.2) is 0 Å². The number of hydrogen-bond acceptors (Lipinski definition) is 3. The Labute approximate surface area is 156 Å². The lowest BCUT2D eigenvalue weighted by Crippen LogP contribution is -2.47. The highest BCUT2D eigenvalue weighted by Crippen LogP contribution is 2.18. The first-order valence-corrected chi connectivity index (χ1v) is 9.50. The maximum Gasteiger partial charge on any atom is 0.221 e. The SMILES string of the molecule is Cc1cccc(N2CCN(CCC(=O)NC(C)c3ccccc3)CC2)c1. The molecule has 1 atom stereocenters. The fraction of sp³-hybridized carbons (Fsp3) is 0.409. The molecule has 138 valence electrons. The molecule has 1 heterocycles. The number of aryl methyl sites for hydroxylation is 1. The minimum Gasteiger partial charge on any atom is -0.369 e. The van der Waals surface area contributed by atoms with E-state index in [1.54, 1.807) is 0 Å². The third-order valence-electron chi connectivity index (χ3n) is 5.07.